The van der Waals surface area contributed by atoms with E-state index in [1.54, 1.807) is 11.6 Å². The van der Waals surface area contributed by atoms with Crippen LogP contribution in [-0.2, 0) is 4.79 Å². The van der Waals surface area contributed by atoms with Crippen molar-refractivity contribution < 1.29 is 4.79 Å². The van der Waals surface area contributed by atoms with Crippen molar-refractivity contribution in [1.29, 1.82) is 0 Å². The van der Waals surface area contributed by atoms with Crippen LogP contribution in [0.5, 0.6) is 0 Å². The van der Waals surface area contributed by atoms with Crippen molar-refractivity contribution >= 4 is 45.8 Å². The third kappa shape index (κ3) is 4.20. The summed E-state index contributed by atoms with van der Waals surface area (Å²) in [4.78, 5) is 15.8. The molecule has 23 heavy (non-hydrogen) atoms. The highest BCUT2D eigenvalue weighted by atomic mass is 32.2. The Bertz CT molecular complexity index is 688. The van der Waals surface area contributed by atoms with Gasteiger partial charge in [-0.15, -0.1) is 21.5 Å². The second-order valence-corrected chi connectivity index (χ2v) is 6.68. The van der Waals surface area contributed by atoms with E-state index in [-0.39, 0.29) is 11.7 Å². The van der Waals surface area contributed by atoms with E-state index < -0.39 is 0 Å². The van der Waals surface area contributed by atoms with E-state index in [1.807, 2.05) is 0 Å². The van der Waals surface area contributed by atoms with Crippen LogP contribution < -0.4 is 16.6 Å². The van der Waals surface area contributed by atoms with Crippen molar-refractivity contribution in [3.05, 3.63) is 11.6 Å². The van der Waals surface area contributed by atoms with Crippen LogP contribution in [-0.4, -0.2) is 37.2 Å². The molecular weight excluding hydrogens is 336 g/mol. The largest absolute Gasteiger partial charge is 0.334 e. The number of carbonyl (C=O) groups excluding carboxylic acids is 1. The van der Waals surface area contributed by atoms with Crippen molar-refractivity contribution in [1.82, 2.24) is 19.9 Å². The van der Waals surface area contributed by atoms with E-state index in [1.165, 1.54) is 40.6 Å². The van der Waals surface area contributed by atoms with Crippen LogP contribution in [0.4, 0.5) is 11.1 Å². The Labute approximate surface area is 140 Å². The van der Waals surface area contributed by atoms with E-state index >= 15 is 0 Å². The summed E-state index contributed by atoms with van der Waals surface area (Å²) in [5.41, 5.74) is 3.95. The number of thioether (sulfide) groups is 1. The molecule has 1 aliphatic carbocycles. The second-order valence-electron chi connectivity index (χ2n) is 4.85. The number of anilines is 2. The Hall–Kier alpha value is -2.14. The molecule has 0 saturated heterocycles. The average Bonchev–Trinajstić information content (AvgIpc) is 3.26. The summed E-state index contributed by atoms with van der Waals surface area (Å²) in [7, 11) is 0. The SMILES string of the molecule is Nn1c(NN=C2CCCC2)nnc1SCC(=O)Nc1nccs1. The van der Waals surface area contributed by atoms with Gasteiger partial charge in [0.2, 0.25) is 11.1 Å². The van der Waals surface area contributed by atoms with Gasteiger partial charge >= 0.3 is 0 Å². The molecule has 1 saturated carbocycles. The average molecular weight is 352 g/mol. The van der Waals surface area contributed by atoms with Gasteiger partial charge in [0.1, 0.15) is 0 Å². The maximum absolute atomic E-state index is 11.8. The Kier molecular flexibility index (Phi) is 5.08. The van der Waals surface area contributed by atoms with Crippen LogP contribution in [0.3, 0.4) is 0 Å². The molecular formula is C12H16N8OS2. The van der Waals surface area contributed by atoms with Crippen LogP contribution in [0, 0.1) is 0 Å². The van der Waals surface area contributed by atoms with E-state index in [0.717, 1.165) is 18.6 Å². The van der Waals surface area contributed by atoms with Crippen LogP contribution in [0.2, 0.25) is 0 Å². The second kappa shape index (κ2) is 7.42. The fourth-order valence-electron chi connectivity index (χ4n) is 2.05. The molecule has 2 heterocycles. The van der Waals surface area contributed by atoms with Gasteiger partial charge in [-0.25, -0.2) is 15.1 Å². The molecule has 0 bridgehead atoms. The lowest BCUT2D eigenvalue weighted by Crippen LogP contribution is -2.17. The minimum atomic E-state index is -0.173. The number of hydrogen-bond donors (Lipinski definition) is 3. The first kappa shape index (κ1) is 15.7. The van der Waals surface area contributed by atoms with Crippen LogP contribution in [0.25, 0.3) is 0 Å². The summed E-state index contributed by atoms with van der Waals surface area (Å²) in [5.74, 6) is 6.26. The third-order valence-corrected chi connectivity index (χ3v) is 4.80. The number of nitrogens with one attached hydrogen (secondary N) is 2. The third-order valence-electron chi connectivity index (χ3n) is 3.17. The van der Waals surface area contributed by atoms with Crippen molar-refractivity contribution in [2.75, 3.05) is 22.3 Å². The zero-order valence-electron chi connectivity index (χ0n) is 12.2. The highest BCUT2D eigenvalue weighted by Crippen LogP contribution is 2.19. The number of nitrogens with two attached hydrogens (primary N) is 1. The highest BCUT2D eigenvalue weighted by molar-refractivity contribution is 7.99. The molecule has 1 amide bonds. The standard InChI is InChI=1S/C12H16N8OS2/c13-20-10(17-16-8-3-1-2-4-8)18-19-12(20)23-7-9(21)15-11-14-5-6-22-11/h5-6H,1-4,7,13H2,(H,17,18)(H,14,15,21). The number of nitrogens with zero attached hydrogens (tertiary/aromatic N) is 5. The normalized spacial score (nSPS) is 14.0. The van der Waals surface area contributed by atoms with E-state index in [0.29, 0.717) is 16.2 Å². The van der Waals surface area contributed by atoms with Crippen molar-refractivity contribution in [2.45, 2.75) is 30.8 Å². The number of nitrogen functional groups attached to an aromatic ring is 1. The number of rotatable bonds is 6. The zero-order valence-corrected chi connectivity index (χ0v) is 13.9. The molecule has 2 aromatic heterocycles. The summed E-state index contributed by atoms with van der Waals surface area (Å²) < 4.78 is 1.29. The zero-order chi connectivity index (χ0) is 16.1. The fraction of sp³-hybridized carbons (Fsp3) is 0.417. The molecule has 3 rings (SSSR count). The fourth-order valence-corrected chi connectivity index (χ4v) is 3.25. The van der Waals surface area contributed by atoms with Gasteiger partial charge in [0.05, 0.1) is 5.75 Å². The van der Waals surface area contributed by atoms with Gasteiger partial charge in [0.15, 0.2) is 5.13 Å². The van der Waals surface area contributed by atoms with Gasteiger partial charge in [0.25, 0.3) is 5.95 Å². The first-order chi connectivity index (χ1) is 11.2. The summed E-state index contributed by atoms with van der Waals surface area (Å²) in [6.45, 7) is 0. The first-order valence-corrected chi connectivity index (χ1v) is 8.93. The molecule has 2 aromatic rings. The molecule has 0 aromatic carbocycles. The van der Waals surface area contributed by atoms with Gasteiger partial charge < -0.3 is 11.2 Å². The van der Waals surface area contributed by atoms with Crippen LogP contribution in [0.15, 0.2) is 21.8 Å². The highest BCUT2D eigenvalue weighted by Gasteiger charge is 2.13. The predicted molar refractivity (Wildman–Crippen MR) is 91.2 cm³/mol. The quantitative estimate of drug-likeness (QED) is 0.409. The van der Waals surface area contributed by atoms with Crippen molar-refractivity contribution in [3.63, 3.8) is 0 Å². The summed E-state index contributed by atoms with van der Waals surface area (Å²) in [5, 5.41) is 17.7. The van der Waals surface area contributed by atoms with Gasteiger partial charge in [-0.2, -0.15) is 5.10 Å². The smallest absolute Gasteiger partial charge is 0.264 e. The molecule has 1 fully saturated rings. The molecule has 0 radical (unpaired) electrons. The number of hydrazone groups is 1. The van der Waals surface area contributed by atoms with Gasteiger partial charge in [-0.3, -0.25) is 4.79 Å². The molecule has 4 N–H and O–H groups in total. The minimum Gasteiger partial charge on any atom is -0.334 e. The van der Waals surface area contributed by atoms with Crippen molar-refractivity contribution in [3.8, 4) is 0 Å². The maximum Gasteiger partial charge on any atom is 0.264 e. The lowest BCUT2D eigenvalue weighted by Gasteiger charge is -2.03. The summed E-state index contributed by atoms with van der Waals surface area (Å²) in [6.07, 6.45) is 5.98. The van der Waals surface area contributed by atoms with E-state index in [4.69, 9.17) is 5.84 Å². The summed E-state index contributed by atoms with van der Waals surface area (Å²) in [6, 6.07) is 0. The first-order valence-electron chi connectivity index (χ1n) is 7.06. The predicted octanol–water partition coefficient (Wildman–Crippen LogP) is 1.52. The number of amides is 1. The molecule has 11 heteroatoms. The van der Waals surface area contributed by atoms with Gasteiger partial charge in [-0.05, 0) is 25.7 Å². The molecule has 9 nitrogen and oxygen atoms in total. The molecule has 0 atom stereocenters. The Morgan fingerprint density at radius 2 is 2.26 bits per heavy atom. The van der Waals surface area contributed by atoms with Crippen LogP contribution >= 0.6 is 23.1 Å². The van der Waals surface area contributed by atoms with Crippen LogP contribution in [0.1, 0.15) is 25.7 Å². The summed E-state index contributed by atoms with van der Waals surface area (Å²) >= 11 is 2.56. The molecule has 0 unspecified atom stereocenters. The Balaban J connectivity index is 1.52. The Morgan fingerprint density at radius 1 is 1.43 bits per heavy atom. The topological polar surface area (TPSA) is 123 Å². The van der Waals surface area contributed by atoms with E-state index in [9.17, 15) is 4.79 Å². The molecule has 122 valence electrons. The monoisotopic (exact) mass is 352 g/mol. The van der Waals surface area contributed by atoms with Crippen molar-refractivity contribution in [2.24, 2.45) is 5.10 Å². The lowest BCUT2D eigenvalue weighted by atomic mass is 10.3. The van der Waals surface area contributed by atoms with Gasteiger partial charge in [-0.1, -0.05) is 11.8 Å². The number of carbonyl (C=O) groups is 1. The number of thiazole rings is 1. The lowest BCUT2D eigenvalue weighted by molar-refractivity contribution is -0.113. The number of hydrogen-bond acceptors (Lipinski definition) is 9. The molecule has 0 aliphatic heterocycles. The number of aromatic nitrogens is 4. The molecule has 0 spiro atoms. The maximum atomic E-state index is 11.8. The Morgan fingerprint density at radius 3 is 3.00 bits per heavy atom. The minimum absolute atomic E-state index is 0.170. The molecule has 1 aliphatic rings. The van der Waals surface area contributed by atoms with Gasteiger partial charge in [0, 0.05) is 17.3 Å². The van der Waals surface area contributed by atoms with E-state index in [2.05, 4.69) is 31.0 Å².